The summed E-state index contributed by atoms with van der Waals surface area (Å²) < 4.78 is 4.99. The van der Waals surface area contributed by atoms with Crippen molar-refractivity contribution < 1.29 is 19.4 Å². The van der Waals surface area contributed by atoms with Crippen LogP contribution in [0.15, 0.2) is 30.4 Å². The van der Waals surface area contributed by atoms with Gasteiger partial charge in [-0.15, -0.1) is 0 Å². The Labute approximate surface area is 109 Å². The molecule has 0 aliphatic rings. The molecule has 0 aromatic heterocycles. The number of likely N-dealkylation sites (N-methyl/N-ethyl adjacent to an activating group) is 1. The van der Waals surface area contributed by atoms with Gasteiger partial charge in [-0.25, -0.2) is 4.79 Å². The number of carbonyl (C=O) groups is 2. The number of carboxylic acids is 1. The van der Waals surface area contributed by atoms with Crippen molar-refractivity contribution in [2.75, 3.05) is 19.1 Å². The first kappa shape index (κ1) is 14.1. The van der Waals surface area contributed by atoms with Gasteiger partial charge in [-0.1, -0.05) is 11.6 Å². The second-order valence-electron chi connectivity index (χ2n) is 3.39. The number of halogens is 1. The lowest BCUT2D eigenvalue weighted by atomic mass is 10.2. The summed E-state index contributed by atoms with van der Waals surface area (Å²) in [5, 5.41) is 8.80. The monoisotopic (exact) mass is 269 g/mol. The van der Waals surface area contributed by atoms with Crippen LogP contribution >= 0.6 is 11.6 Å². The van der Waals surface area contributed by atoms with Crippen LogP contribution in [0, 0.1) is 0 Å². The molecule has 6 heteroatoms. The van der Waals surface area contributed by atoms with Crippen LogP contribution in [0.3, 0.4) is 0 Å². The third kappa shape index (κ3) is 3.49. The Morgan fingerprint density at radius 3 is 2.56 bits per heavy atom. The van der Waals surface area contributed by atoms with Gasteiger partial charge in [0, 0.05) is 24.9 Å². The summed E-state index contributed by atoms with van der Waals surface area (Å²) in [6, 6.07) is 4.84. The van der Waals surface area contributed by atoms with Crippen LogP contribution in [0.5, 0.6) is 5.75 Å². The van der Waals surface area contributed by atoms with E-state index in [-0.39, 0.29) is 0 Å². The lowest BCUT2D eigenvalue weighted by Crippen LogP contribution is -2.24. The molecule has 0 saturated carbocycles. The molecule has 1 N–H and O–H groups in total. The van der Waals surface area contributed by atoms with Gasteiger partial charge in [0.1, 0.15) is 5.75 Å². The van der Waals surface area contributed by atoms with E-state index >= 15 is 0 Å². The maximum absolute atomic E-state index is 11.6. The van der Waals surface area contributed by atoms with Crippen molar-refractivity contribution in [1.29, 1.82) is 0 Å². The quantitative estimate of drug-likeness (QED) is 0.849. The maximum Gasteiger partial charge on any atom is 0.328 e. The minimum atomic E-state index is -1.18. The third-order valence-electron chi connectivity index (χ3n) is 2.22. The molecule has 0 unspecified atom stereocenters. The lowest BCUT2D eigenvalue weighted by Gasteiger charge is -2.16. The molecule has 0 atom stereocenters. The molecular formula is C12H12ClNO4. The van der Waals surface area contributed by atoms with Crippen molar-refractivity contribution in [2.24, 2.45) is 0 Å². The van der Waals surface area contributed by atoms with Crippen LogP contribution in [0.2, 0.25) is 5.02 Å². The zero-order valence-electron chi connectivity index (χ0n) is 9.88. The predicted molar refractivity (Wildman–Crippen MR) is 68.2 cm³/mol. The Bertz CT molecular complexity index is 499. The Balaban J connectivity index is 2.90. The van der Waals surface area contributed by atoms with Gasteiger partial charge in [-0.05, 0) is 18.2 Å². The number of carboxylic acid groups (broad SMARTS) is 1. The van der Waals surface area contributed by atoms with Gasteiger partial charge in [0.25, 0.3) is 5.91 Å². The summed E-state index contributed by atoms with van der Waals surface area (Å²) in [4.78, 5) is 23.2. The predicted octanol–water partition coefficient (Wildman–Crippen LogP) is 1.95. The first-order chi connectivity index (χ1) is 8.45. The van der Waals surface area contributed by atoms with E-state index < -0.39 is 11.9 Å². The smallest absolute Gasteiger partial charge is 0.328 e. The Kier molecular flexibility index (Phi) is 4.74. The van der Waals surface area contributed by atoms with E-state index in [2.05, 4.69) is 0 Å². The van der Waals surface area contributed by atoms with Gasteiger partial charge in [-0.2, -0.15) is 0 Å². The molecule has 96 valence electrons. The molecule has 5 nitrogen and oxygen atoms in total. The number of ether oxygens (including phenoxy) is 1. The van der Waals surface area contributed by atoms with Gasteiger partial charge in [0.15, 0.2) is 0 Å². The fourth-order valence-corrected chi connectivity index (χ4v) is 1.50. The normalized spacial score (nSPS) is 10.4. The van der Waals surface area contributed by atoms with E-state index in [9.17, 15) is 9.59 Å². The van der Waals surface area contributed by atoms with Gasteiger partial charge in [0.2, 0.25) is 0 Å². The molecule has 0 heterocycles. The minimum absolute atomic E-state index is 0.372. The third-order valence-corrected chi connectivity index (χ3v) is 2.52. The highest BCUT2D eigenvalue weighted by Gasteiger charge is 2.10. The molecule has 0 aliphatic carbocycles. The maximum atomic E-state index is 11.6. The largest absolute Gasteiger partial charge is 0.495 e. The number of nitrogens with zero attached hydrogens (tertiary/aromatic N) is 1. The van der Waals surface area contributed by atoms with Crippen LogP contribution < -0.4 is 9.64 Å². The number of hydrogen-bond donors (Lipinski definition) is 1. The SMILES string of the molecule is COc1ccc(N(C)C(=O)/C=C/C(=O)O)cc1Cl. The Morgan fingerprint density at radius 1 is 1.39 bits per heavy atom. The fraction of sp³-hybridized carbons (Fsp3) is 0.167. The number of amides is 1. The summed E-state index contributed by atoms with van der Waals surface area (Å²) in [6.45, 7) is 0. The summed E-state index contributed by atoms with van der Waals surface area (Å²) in [5.41, 5.74) is 0.542. The van der Waals surface area contributed by atoms with E-state index in [1.165, 1.54) is 19.1 Å². The van der Waals surface area contributed by atoms with Crippen LogP contribution in [-0.2, 0) is 9.59 Å². The summed E-state index contributed by atoms with van der Waals surface area (Å²) in [7, 11) is 3.01. The van der Waals surface area contributed by atoms with Crippen molar-refractivity contribution in [3.05, 3.63) is 35.4 Å². The van der Waals surface area contributed by atoms with Gasteiger partial charge < -0.3 is 14.7 Å². The van der Waals surface area contributed by atoms with E-state index in [1.54, 1.807) is 18.2 Å². The van der Waals surface area contributed by atoms with Gasteiger partial charge in [0.05, 0.1) is 12.1 Å². The zero-order chi connectivity index (χ0) is 13.7. The molecule has 18 heavy (non-hydrogen) atoms. The highest BCUT2D eigenvalue weighted by atomic mass is 35.5. The van der Waals surface area contributed by atoms with Crippen molar-refractivity contribution in [2.45, 2.75) is 0 Å². The summed E-state index contributed by atoms with van der Waals surface area (Å²) in [5.74, 6) is -1.13. The molecule has 0 spiro atoms. The molecule has 0 saturated heterocycles. The topological polar surface area (TPSA) is 66.8 Å². The minimum Gasteiger partial charge on any atom is -0.495 e. The van der Waals surface area contributed by atoms with E-state index in [4.69, 9.17) is 21.4 Å². The average molecular weight is 270 g/mol. The molecule has 0 aliphatic heterocycles. The van der Waals surface area contributed by atoms with Crippen LogP contribution in [0.25, 0.3) is 0 Å². The molecule has 0 bridgehead atoms. The zero-order valence-corrected chi connectivity index (χ0v) is 10.6. The molecule has 0 fully saturated rings. The first-order valence-corrected chi connectivity index (χ1v) is 5.35. The number of aliphatic carboxylic acids is 1. The van der Waals surface area contributed by atoms with Crippen LogP contribution in [0.1, 0.15) is 0 Å². The molecule has 1 aromatic carbocycles. The van der Waals surface area contributed by atoms with Crippen molar-refractivity contribution >= 4 is 29.2 Å². The molecule has 1 rings (SSSR count). The number of carbonyl (C=O) groups excluding carboxylic acids is 1. The van der Waals surface area contributed by atoms with E-state index in [0.717, 1.165) is 12.2 Å². The summed E-state index contributed by atoms with van der Waals surface area (Å²) >= 11 is 5.93. The van der Waals surface area contributed by atoms with E-state index in [1.807, 2.05) is 0 Å². The first-order valence-electron chi connectivity index (χ1n) is 4.98. The lowest BCUT2D eigenvalue weighted by molar-refractivity contribution is -0.131. The number of methoxy groups -OCH3 is 1. The average Bonchev–Trinajstić information content (AvgIpc) is 2.34. The van der Waals surface area contributed by atoms with Crippen LogP contribution in [0.4, 0.5) is 5.69 Å². The molecule has 0 radical (unpaired) electrons. The number of benzene rings is 1. The Hall–Kier alpha value is -2.01. The number of anilines is 1. The second-order valence-corrected chi connectivity index (χ2v) is 3.79. The van der Waals surface area contributed by atoms with Crippen molar-refractivity contribution in [3.63, 3.8) is 0 Å². The van der Waals surface area contributed by atoms with Crippen molar-refractivity contribution in [3.8, 4) is 5.75 Å². The van der Waals surface area contributed by atoms with Gasteiger partial charge >= 0.3 is 5.97 Å². The molecule has 1 amide bonds. The van der Waals surface area contributed by atoms with E-state index in [0.29, 0.717) is 16.5 Å². The number of rotatable bonds is 4. The summed E-state index contributed by atoms with van der Waals surface area (Å²) in [6.07, 6.45) is 1.75. The fourth-order valence-electron chi connectivity index (χ4n) is 1.25. The highest BCUT2D eigenvalue weighted by Crippen LogP contribution is 2.28. The second kappa shape index (κ2) is 6.07. The van der Waals surface area contributed by atoms with Crippen LogP contribution in [-0.4, -0.2) is 31.1 Å². The highest BCUT2D eigenvalue weighted by molar-refractivity contribution is 6.32. The molecular weight excluding hydrogens is 258 g/mol. The number of hydrogen-bond acceptors (Lipinski definition) is 3. The Morgan fingerprint density at radius 2 is 2.06 bits per heavy atom. The van der Waals surface area contributed by atoms with Gasteiger partial charge in [-0.3, -0.25) is 4.79 Å². The molecule has 1 aromatic rings. The standard InChI is InChI=1S/C12H12ClNO4/c1-14(11(15)5-6-12(16)17)8-3-4-10(18-2)9(13)7-8/h3-7H,1-2H3,(H,16,17)/b6-5+. The van der Waals surface area contributed by atoms with Crippen molar-refractivity contribution in [1.82, 2.24) is 0 Å².